The van der Waals surface area contributed by atoms with E-state index in [1.54, 1.807) is 29.9 Å². The Morgan fingerprint density at radius 1 is 1.41 bits per heavy atom. The molecule has 0 radical (unpaired) electrons. The van der Waals surface area contributed by atoms with E-state index in [0.717, 1.165) is 15.9 Å². The number of halogens is 1. The van der Waals surface area contributed by atoms with Gasteiger partial charge in [0.1, 0.15) is 10.6 Å². The smallest absolute Gasteiger partial charge is 0.264 e. The second-order valence-corrected chi connectivity index (χ2v) is 6.32. The average Bonchev–Trinajstić information content (AvgIpc) is 3.03. The fourth-order valence-electron chi connectivity index (χ4n) is 2.45. The number of benzene rings is 1. The zero-order valence-corrected chi connectivity index (χ0v) is 13.4. The maximum Gasteiger partial charge on any atom is 0.264 e. The van der Waals surface area contributed by atoms with Crippen molar-refractivity contribution in [2.24, 2.45) is 7.05 Å². The van der Waals surface area contributed by atoms with E-state index in [4.69, 9.17) is 0 Å². The number of amides is 1. The standard InChI is InChI=1S/C16H16FN3OS/c1-10-12-8-14(22-16(12)20(3)18-10)15(21)19(2)9-11-6-4-5-7-13(11)17/h4-8H,9H2,1-3H3. The molecule has 1 amide bonds. The molecule has 2 heterocycles. The van der Waals surface area contributed by atoms with Crippen LogP contribution in [0.1, 0.15) is 20.9 Å². The normalized spacial score (nSPS) is 11.1. The first-order valence-electron chi connectivity index (χ1n) is 6.89. The molecule has 0 unspecified atom stereocenters. The summed E-state index contributed by atoms with van der Waals surface area (Å²) in [6.07, 6.45) is 0. The molecule has 3 rings (SSSR count). The molecule has 0 atom stereocenters. The highest BCUT2D eigenvalue weighted by molar-refractivity contribution is 7.20. The van der Waals surface area contributed by atoms with Crippen LogP contribution in [0.2, 0.25) is 0 Å². The number of carbonyl (C=O) groups excluding carboxylic acids is 1. The van der Waals surface area contributed by atoms with Crippen molar-refractivity contribution in [3.8, 4) is 0 Å². The summed E-state index contributed by atoms with van der Waals surface area (Å²) < 4.78 is 15.5. The zero-order chi connectivity index (χ0) is 15.9. The highest BCUT2D eigenvalue weighted by atomic mass is 32.1. The number of aryl methyl sites for hydroxylation is 2. The van der Waals surface area contributed by atoms with Gasteiger partial charge >= 0.3 is 0 Å². The van der Waals surface area contributed by atoms with E-state index in [2.05, 4.69) is 5.10 Å². The van der Waals surface area contributed by atoms with Gasteiger partial charge in [-0.2, -0.15) is 5.10 Å². The number of rotatable bonds is 3. The summed E-state index contributed by atoms with van der Waals surface area (Å²) >= 11 is 1.41. The van der Waals surface area contributed by atoms with Gasteiger partial charge in [0.15, 0.2) is 0 Å². The van der Waals surface area contributed by atoms with Crippen molar-refractivity contribution in [3.05, 3.63) is 52.3 Å². The number of aromatic nitrogens is 2. The lowest BCUT2D eigenvalue weighted by Crippen LogP contribution is -2.25. The van der Waals surface area contributed by atoms with Crippen molar-refractivity contribution in [1.29, 1.82) is 0 Å². The van der Waals surface area contributed by atoms with Gasteiger partial charge in [0, 0.05) is 31.6 Å². The minimum Gasteiger partial charge on any atom is -0.337 e. The third kappa shape index (κ3) is 2.50. The van der Waals surface area contributed by atoms with E-state index in [9.17, 15) is 9.18 Å². The second-order valence-electron chi connectivity index (χ2n) is 5.29. The van der Waals surface area contributed by atoms with Gasteiger partial charge in [-0.15, -0.1) is 11.3 Å². The van der Waals surface area contributed by atoms with E-state index in [1.807, 2.05) is 20.0 Å². The largest absolute Gasteiger partial charge is 0.337 e. The summed E-state index contributed by atoms with van der Waals surface area (Å²) in [7, 11) is 3.55. The number of hydrogen-bond acceptors (Lipinski definition) is 3. The topological polar surface area (TPSA) is 38.1 Å². The molecule has 6 heteroatoms. The monoisotopic (exact) mass is 317 g/mol. The molecule has 0 saturated heterocycles. The second kappa shape index (κ2) is 5.53. The van der Waals surface area contributed by atoms with Crippen molar-refractivity contribution in [2.75, 3.05) is 7.05 Å². The molecule has 0 aliphatic carbocycles. The quantitative estimate of drug-likeness (QED) is 0.743. The van der Waals surface area contributed by atoms with E-state index >= 15 is 0 Å². The van der Waals surface area contributed by atoms with Gasteiger partial charge in [-0.05, 0) is 19.1 Å². The molecule has 3 aromatic rings. The summed E-state index contributed by atoms with van der Waals surface area (Å²) in [5, 5.41) is 5.32. The molecule has 0 aliphatic rings. The van der Waals surface area contributed by atoms with Crippen LogP contribution >= 0.6 is 11.3 Å². The Labute approximate surface area is 131 Å². The molecular weight excluding hydrogens is 301 g/mol. The number of carbonyl (C=O) groups is 1. The first kappa shape index (κ1) is 14.7. The van der Waals surface area contributed by atoms with Crippen molar-refractivity contribution < 1.29 is 9.18 Å². The van der Waals surface area contributed by atoms with Crippen LogP contribution in [0.25, 0.3) is 10.2 Å². The lowest BCUT2D eigenvalue weighted by atomic mass is 10.2. The van der Waals surface area contributed by atoms with Gasteiger partial charge in [-0.25, -0.2) is 4.39 Å². The summed E-state index contributed by atoms with van der Waals surface area (Å²) in [5.74, 6) is -0.401. The molecule has 0 spiro atoms. The molecule has 0 fully saturated rings. The van der Waals surface area contributed by atoms with E-state index in [1.165, 1.54) is 22.3 Å². The minimum atomic E-state index is -0.293. The zero-order valence-electron chi connectivity index (χ0n) is 12.6. The third-order valence-corrected chi connectivity index (χ3v) is 4.81. The Balaban J connectivity index is 1.85. The molecule has 0 N–H and O–H groups in total. The van der Waals surface area contributed by atoms with Crippen LogP contribution in [0, 0.1) is 12.7 Å². The summed E-state index contributed by atoms with van der Waals surface area (Å²) in [6, 6.07) is 8.37. The van der Waals surface area contributed by atoms with Gasteiger partial charge in [-0.3, -0.25) is 9.48 Å². The molecule has 0 saturated carbocycles. The van der Waals surface area contributed by atoms with Gasteiger partial charge in [0.05, 0.1) is 10.6 Å². The molecule has 0 bridgehead atoms. The van der Waals surface area contributed by atoms with Crippen molar-refractivity contribution >= 4 is 27.5 Å². The Morgan fingerprint density at radius 3 is 2.82 bits per heavy atom. The summed E-state index contributed by atoms with van der Waals surface area (Å²) in [6.45, 7) is 2.17. The Hall–Kier alpha value is -2.21. The number of fused-ring (bicyclic) bond motifs is 1. The van der Waals surface area contributed by atoms with Gasteiger partial charge in [0.25, 0.3) is 5.91 Å². The lowest BCUT2D eigenvalue weighted by molar-refractivity contribution is 0.0788. The van der Waals surface area contributed by atoms with Crippen molar-refractivity contribution in [3.63, 3.8) is 0 Å². The fraction of sp³-hybridized carbons (Fsp3) is 0.250. The van der Waals surface area contributed by atoms with E-state index in [0.29, 0.717) is 10.4 Å². The molecule has 2 aromatic heterocycles. The molecule has 0 aliphatic heterocycles. The number of hydrogen-bond donors (Lipinski definition) is 0. The van der Waals surface area contributed by atoms with Crippen LogP contribution in [0.4, 0.5) is 4.39 Å². The fourth-order valence-corrected chi connectivity index (χ4v) is 3.57. The SMILES string of the molecule is Cc1nn(C)c2sc(C(=O)N(C)Cc3ccccc3F)cc12. The predicted molar refractivity (Wildman–Crippen MR) is 85.5 cm³/mol. The predicted octanol–water partition coefficient (Wildman–Crippen LogP) is 3.35. The Morgan fingerprint density at radius 2 is 2.14 bits per heavy atom. The van der Waals surface area contributed by atoms with Gasteiger partial charge in [-0.1, -0.05) is 18.2 Å². The van der Waals surface area contributed by atoms with Crippen LogP contribution in [0.15, 0.2) is 30.3 Å². The lowest BCUT2D eigenvalue weighted by Gasteiger charge is -2.16. The highest BCUT2D eigenvalue weighted by Gasteiger charge is 2.19. The van der Waals surface area contributed by atoms with Crippen LogP contribution in [-0.4, -0.2) is 27.6 Å². The van der Waals surface area contributed by atoms with E-state index < -0.39 is 0 Å². The molecular formula is C16H16FN3OS. The molecule has 114 valence electrons. The summed E-state index contributed by atoms with van der Waals surface area (Å²) in [5.41, 5.74) is 1.42. The number of thiophene rings is 1. The van der Waals surface area contributed by atoms with E-state index in [-0.39, 0.29) is 18.3 Å². The molecule has 22 heavy (non-hydrogen) atoms. The minimum absolute atomic E-state index is 0.108. The number of nitrogens with zero attached hydrogens (tertiary/aromatic N) is 3. The van der Waals surface area contributed by atoms with Gasteiger partial charge in [0.2, 0.25) is 0 Å². The van der Waals surface area contributed by atoms with Crippen LogP contribution in [0.5, 0.6) is 0 Å². The van der Waals surface area contributed by atoms with Crippen LogP contribution < -0.4 is 0 Å². The first-order chi connectivity index (χ1) is 10.5. The molecule has 4 nitrogen and oxygen atoms in total. The Kier molecular flexibility index (Phi) is 3.70. The van der Waals surface area contributed by atoms with Crippen LogP contribution in [0.3, 0.4) is 0 Å². The highest BCUT2D eigenvalue weighted by Crippen LogP contribution is 2.28. The van der Waals surface area contributed by atoms with Gasteiger partial charge < -0.3 is 4.90 Å². The van der Waals surface area contributed by atoms with Crippen molar-refractivity contribution in [2.45, 2.75) is 13.5 Å². The maximum absolute atomic E-state index is 13.7. The third-order valence-electron chi connectivity index (χ3n) is 3.62. The average molecular weight is 317 g/mol. The first-order valence-corrected chi connectivity index (χ1v) is 7.71. The summed E-state index contributed by atoms with van der Waals surface area (Å²) in [4.78, 5) is 15.7. The van der Waals surface area contributed by atoms with Crippen LogP contribution in [-0.2, 0) is 13.6 Å². The maximum atomic E-state index is 13.7. The Bertz CT molecular complexity index is 818. The van der Waals surface area contributed by atoms with Crippen molar-refractivity contribution in [1.82, 2.24) is 14.7 Å². The molecule has 1 aromatic carbocycles.